The number of thioether (sulfide) groups is 1. The molecule has 0 saturated carbocycles. The molecule has 0 unspecified atom stereocenters. The van der Waals surface area contributed by atoms with Crippen molar-refractivity contribution in [3.8, 4) is 6.07 Å². The molecule has 0 atom stereocenters. The molecule has 0 bridgehead atoms. The second-order valence-electron chi connectivity index (χ2n) is 4.61. The van der Waals surface area contributed by atoms with Crippen LogP contribution in [-0.4, -0.2) is 30.0 Å². The molecule has 1 amide bonds. The van der Waals surface area contributed by atoms with Gasteiger partial charge in [-0.15, -0.1) is 11.8 Å². The number of piperidine rings is 1. The minimum Gasteiger partial charge on any atom is -0.325 e. The average molecular weight is 293 g/mol. The predicted molar refractivity (Wildman–Crippen MR) is 78.1 cm³/mol. The molecule has 20 heavy (non-hydrogen) atoms. The quantitative estimate of drug-likeness (QED) is 0.892. The second-order valence-corrected chi connectivity index (χ2v) is 5.90. The highest BCUT2D eigenvalue weighted by molar-refractivity contribution is 8.00. The van der Waals surface area contributed by atoms with Gasteiger partial charge in [0.25, 0.3) is 0 Å². The van der Waals surface area contributed by atoms with Crippen molar-refractivity contribution in [1.82, 2.24) is 5.32 Å². The van der Waals surface area contributed by atoms with Gasteiger partial charge < -0.3 is 10.6 Å². The van der Waals surface area contributed by atoms with Crippen LogP contribution >= 0.6 is 11.8 Å². The van der Waals surface area contributed by atoms with E-state index >= 15 is 0 Å². The number of anilines is 1. The highest BCUT2D eigenvalue weighted by Crippen LogP contribution is 2.20. The third-order valence-electron chi connectivity index (χ3n) is 3.11. The van der Waals surface area contributed by atoms with Crippen LogP contribution in [0, 0.1) is 17.1 Å². The fraction of sp³-hybridized carbons (Fsp3) is 0.429. The van der Waals surface area contributed by atoms with Gasteiger partial charge in [0.2, 0.25) is 5.91 Å². The van der Waals surface area contributed by atoms with E-state index in [1.807, 2.05) is 0 Å². The SMILES string of the molecule is N#Cc1cc(NC(=O)CSC2CCNCC2)ccc1F. The van der Waals surface area contributed by atoms with Gasteiger partial charge in [0.15, 0.2) is 0 Å². The van der Waals surface area contributed by atoms with Crippen LogP contribution in [0.15, 0.2) is 18.2 Å². The van der Waals surface area contributed by atoms with Gasteiger partial charge in [-0.25, -0.2) is 4.39 Å². The van der Waals surface area contributed by atoms with Crippen molar-refractivity contribution in [1.29, 1.82) is 5.26 Å². The van der Waals surface area contributed by atoms with Crippen LogP contribution in [0.4, 0.5) is 10.1 Å². The lowest BCUT2D eigenvalue weighted by Crippen LogP contribution is -2.30. The van der Waals surface area contributed by atoms with Crippen molar-refractivity contribution in [2.75, 3.05) is 24.2 Å². The van der Waals surface area contributed by atoms with Crippen LogP contribution in [0.1, 0.15) is 18.4 Å². The number of nitrogens with zero attached hydrogens (tertiary/aromatic N) is 1. The predicted octanol–water partition coefficient (Wildman–Crippen LogP) is 2.12. The summed E-state index contributed by atoms with van der Waals surface area (Å²) in [5, 5.41) is 15.2. The Hall–Kier alpha value is -1.58. The minimum atomic E-state index is -0.574. The molecule has 0 radical (unpaired) electrons. The number of nitrogens with one attached hydrogen (secondary N) is 2. The fourth-order valence-electron chi connectivity index (χ4n) is 2.04. The van der Waals surface area contributed by atoms with Gasteiger partial charge in [-0.2, -0.15) is 5.26 Å². The Balaban J connectivity index is 1.83. The summed E-state index contributed by atoms with van der Waals surface area (Å²) in [6.07, 6.45) is 2.15. The molecule has 1 aliphatic rings. The number of amides is 1. The van der Waals surface area contributed by atoms with Gasteiger partial charge in [-0.05, 0) is 44.1 Å². The normalized spacial score (nSPS) is 15.6. The summed E-state index contributed by atoms with van der Waals surface area (Å²) in [5.41, 5.74) is 0.396. The number of hydrogen-bond donors (Lipinski definition) is 2. The third-order valence-corrected chi connectivity index (χ3v) is 4.48. The van der Waals surface area contributed by atoms with E-state index in [2.05, 4.69) is 10.6 Å². The fourth-order valence-corrected chi connectivity index (χ4v) is 3.07. The molecule has 2 rings (SSSR count). The molecular formula is C14H16FN3OS. The zero-order chi connectivity index (χ0) is 14.4. The maximum Gasteiger partial charge on any atom is 0.234 e. The maximum atomic E-state index is 13.2. The largest absolute Gasteiger partial charge is 0.325 e. The number of carbonyl (C=O) groups is 1. The molecule has 0 spiro atoms. The number of carbonyl (C=O) groups excluding carboxylic acids is 1. The monoisotopic (exact) mass is 293 g/mol. The van der Waals surface area contributed by atoms with Crippen molar-refractivity contribution in [2.45, 2.75) is 18.1 Å². The molecule has 1 fully saturated rings. The minimum absolute atomic E-state index is 0.0613. The first-order valence-electron chi connectivity index (χ1n) is 6.51. The van der Waals surface area contributed by atoms with Crippen molar-refractivity contribution in [2.24, 2.45) is 0 Å². The summed E-state index contributed by atoms with van der Waals surface area (Å²) >= 11 is 1.65. The number of rotatable bonds is 4. The summed E-state index contributed by atoms with van der Waals surface area (Å²) < 4.78 is 13.2. The molecule has 1 aromatic rings. The summed E-state index contributed by atoms with van der Waals surface area (Å²) in [4.78, 5) is 11.8. The van der Waals surface area contributed by atoms with Crippen molar-refractivity contribution >= 4 is 23.4 Å². The lowest BCUT2D eigenvalue weighted by Gasteiger charge is -2.21. The van der Waals surface area contributed by atoms with Gasteiger partial charge in [0.05, 0.1) is 11.3 Å². The Morgan fingerprint density at radius 1 is 1.50 bits per heavy atom. The zero-order valence-corrected chi connectivity index (χ0v) is 11.8. The Bertz CT molecular complexity index is 524. The number of hydrogen-bond acceptors (Lipinski definition) is 4. The number of halogens is 1. The molecule has 6 heteroatoms. The molecule has 4 nitrogen and oxygen atoms in total. The Kier molecular flexibility index (Phi) is 5.39. The Labute approximate surface area is 121 Å². The van der Waals surface area contributed by atoms with Crippen molar-refractivity contribution < 1.29 is 9.18 Å². The van der Waals surface area contributed by atoms with E-state index in [-0.39, 0.29) is 11.5 Å². The van der Waals surface area contributed by atoms with E-state index < -0.39 is 5.82 Å². The lowest BCUT2D eigenvalue weighted by atomic mass is 10.2. The molecule has 1 aliphatic heterocycles. The molecule has 1 saturated heterocycles. The summed E-state index contributed by atoms with van der Waals surface area (Å²) in [6, 6.07) is 5.75. The lowest BCUT2D eigenvalue weighted by molar-refractivity contribution is -0.113. The smallest absolute Gasteiger partial charge is 0.234 e. The maximum absolute atomic E-state index is 13.2. The average Bonchev–Trinajstić information content (AvgIpc) is 2.48. The molecule has 1 heterocycles. The van der Waals surface area contributed by atoms with E-state index in [9.17, 15) is 9.18 Å². The molecule has 1 aromatic carbocycles. The van der Waals surface area contributed by atoms with Crippen molar-refractivity contribution in [3.63, 3.8) is 0 Å². The topological polar surface area (TPSA) is 64.9 Å². The van der Waals surface area contributed by atoms with E-state index in [0.29, 0.717) is 16.7 Å². The summed E-state index contributed by atoms with van der Waals surface area (Å²) in [6.45, 7) is 2.01. The first-order valence-corrected chi connectivity index (χ1v) is 7.56. The molecule has 2 N–H and O–H groups in total. The van der Waals surface area contributed by atoms with Crippen LogP contribution in [0.3, 0.4) is 0 Å². The van der Waals surface area contributed by atoms with Gasteiger partial charge >= 0.3 is 0 Å². The molecular weight excluding hydrogens is 277 g/mol. The van der Waals surface area contributed by atoms with E-state index in [0.717, 1.165) is 25.9 Å². The van der Waals surface area contributed by atoms with Crippen LogP contribution < -0.4 is 10.6 Å². The van der Waals surface area contributed by atoms with Crippen LogP contribution in [0.5, 0.6) is 0 Å². The summed E-state index contributed by atoms with van der Waals surface area (Å²) in [7, 11) is 0. The highest BCUT2D eigenvalue weighted by atomic mass is 32.2. The van der Waals surface area contributed by atoms with Gasteiger partial charge in [-0.3, -0.25) is 4.79 Å². The number of nitriles is 1. The van der Waals surface area contributed by atoms with Crippen LogP contribution in [-0.2, 0) is 4.79 Å². The first-order chi connectivity index (χ1) is 9.69. The first kappa shape index (κ1) is 14.8. The Morgan fingerprint density at radius 3 is 2.95 bits per heavy atom. The van der Waals surface area contributed by atoms with E-state index in [1.54, 1.807) is 17.8 Å². The zero-order valence-electron chi connectivity index (χ0n) is 11.0. The third kappa shape index (κ3) is 4.22. The molecule has 0 aromatic heterocycles. The number of benzene rings is 1. The van der Waals surface area contributed by atoms with Gasteiger partial charge in [0, 0.05) is 10.9 Å². The standard InChI is InChI=1S/C14H16FN3OS/c15-13-2-1-11(7-10(13)8-16)18-14(19)9-20-12-3-5-17-6-4-12/h1-2,7,12,17H,3-6,9H2,(H,18,19). The van der Waals surface area contributed by atoms with Crippen LogP contribution in [0.2, 0.25) is 0 Å². The highest BCUT2D eigenvalue weighted by Gasteiger charge is 2.15. The van der Waals surface area contributed by atoms with Crippen molar-refractivity contribution in [3.05, 3.63) is 29.6 Å². The van der Waals surface area contributed by atoms with Gasteiger partial charge in [0.1, 0.15) is 11.9 Å². The summed E-state index contributed by atoms with van der Waals surface area (Å²) in [5.74, 6) is -0.317. The second kappa shape index (κ2) is 7.27. The van der Waals surface area contributed by atoms with Crippen LogP contribution in [0.25, 0.3) is 0 Å². The van der Waals surface area contributed by atoms with E-state index in [1.165, 1.54) is 18.2 Å². The molecule has 0 aliphatic carbocycles. The van der Waals surface area contributed by atoms with E-state index in [4.69, 9.17) is 5.26 Å². The van der Waals surface area contributed by atoms with Gasteiger partial charge in [-0.1, -0.05) is 0 Å². The molecule has 106 valence electrons. The Morgan fingerprint density at radius 2 is 2.25 bits per heavy atom.